The minimum absolute atomic E-state index is 0.137. The second-order valence-electron chi connectivity index (χ2n) is 5.37. The van der Waals surface area contributed by atoms with E-state index in [-0.39, 0.29) is 6.04 Å². The molecule has 1 unspecified atom stereocenters. The zero-order chi connectivity index (χ0) is 14.9. The van der Waals surface area contributed by atoms with E-state index in [0.717, 1.165) is 28.7 Å². The predicted octanol–water partition coefficient (Wildman–Crippen LogP) is 3.70. The topological polar surface area (TPSA) is 43.8 Å². The number of nitrogens with two attached hydrogens (primary N) is 1. The molecule has 1 aromatic heterocycles. The van der Waals surface area contributed by atoms with E-state index in [9.17, 15) is 0 Å². The van der Waals surface area contributed by atoms with Crippen LogP contribution in [-0.2, 0) is 12.8 Å². The lowest BCUT2D eigenvalue weighted by molar-refractivity contribution is 0.723. The first-order valence-electron chi connectivity index (χ1n) is 7.03. The van der Waals surface area contributed by atoms with E-state index in [4.69, 9.17) is 10.8 Å². The zero-order valence-electron chi connectivity index (χ0n) is 12.6. The van der Waals surface area contributed by atoms with Crippen LogP contribution in [0, 0.1) is 13.8 Å². The average Bonchev–Trinajstić information content (AvgIpc) is 2.66. The van der Waals surface area contributed by atoms with E-state index in [2.05, 4.69) is 59.6 Å². The number of benzene rings is 1. The molecule has 4 heteroatoms. The molecule has 108 valence electrons. The SMILES string of the molecule is CCc1c(C)nn(-c2cc(Br)ccc2CC(C)N)c1C. The lowest BCUT2D eigenvalue weighted by Gasteiger charge is -2.14. The molecule has 0 aliphatic carbocycles. The van der Waals surface area contributed by atoms with Gasteiger partial charge in [-0.15, -0.1) is 0 Å². The first-order valence-corrected chi connectivity index (χ1v) is 7.82. The zero-order valence-corrected chi connectivity index (χ0v) is 14.2. The fourth-order valence-electron chi connectivity index (χ4n) is 2.67. The Morgan fingerprint density at radius 2 is 2.05 bits per heavy atom. The molecule has 0 aliphatic heterocycles. The van der Waals surface area contributed by atoms with Gasteiger partial charge in [0.2, 0.25) is 0 Å². The van der Waals surface area contributed by atoms with Gasteiger partial charge in [-0.05, 0) is 56.9 Å². The van der Waals surface area contributed by atoms with Crippen molar-refractivity contribution < 1.29 is 0 Å². The van der Waals surface area contributed by atoms with Crippen LogP contribution in [0.1, 0.15) is 36.4 Å². The van der Waals surface area contributed by atoms with Crippen LogP contribution in [0.15, 0.2) is 22.7 Å². The monoisotopic (exact) mass is 335 g/mol. The van der Waals surface area contributed by atoms with Crippen LogP contribution < -0.4 is 5.73 Å². The largest absolute Gasteiger partial charge is 0.328 e. The first-order chi connectivity index (χ1) is 9.43. The molecular formula is C16H22BrN3. The molecule has 0 bridgehead atoms. The number of hydrogen-bond acceptors (Lipinski definition) is 2. The number of halogens is 1. The molecule has 1 aromatic carbocycles. The second-order valence-corrected chi connectivity index (χ2v) is 6.28. The molecule has 3 nitrogen and oxygen atoms in total. The summed E-state index contributed by atoms with van der Waals surface area (Å²) in [6.07, 6.45) is 1.86. The standard InChI is InChI=1S/C16H22BrN3/c1-5-15-11(3)19-20(12(15)4)16-9-14(17)7-6-13(16)8-10(2)18/h6-7,9-10H,5,8,18H2,1-4H3. The first kappa shape index (κ1) is 15.3. The summed E-state index contributed by atoms with van der Waals surface area (Å²) in [6.45, 7) is 8.41. The normalized spacial score (nSPS) is 12.7. The summed E-state index contributed by atoms with van der Waals surface area (Å²) in [4.78, 5) is 0. The summed E-state index contributed by atoms with van der Waals surface area (Å²) in [7, 11) is 0. The third kappa shape index (κ3) is 2.96. The van der Waals surface area contributed by atoms with Crippen LogP contribution in [0.2, 0.25) is 0 Å². The summed E-state index contributed by atoms with van der Waals surface area (Å²) in [6, 6.07) is 6.45. The van der Waals surface area contributed by atoms with E-state index >= 15 is 0 Å². The molecule has 0 saturated carbocycles. The van der Waals surface area contributed by atoms with Crippen molar-refractivity contribution in [3.63, 3.8) is 0 Å². The van der Waals surface area contributed by atoms with Gasteiger partial charge in [0.1, 0.15) is 0 Å². The van der Waals surface area contributed by atoms with Gasteiger partial charge in [0.25, 0.3) is 0 Å². The minimum Gasteiger partial charge on any atom is -0.328 e. The van der Waals surface area contributed by atoms with E-state index in [1.54, 1.807) is 0 Å². The molecule has 0 aliphatic rings. The van der Waals surface area contributed by atoms with Crippen LogP contribution in [0.4, 0.5) is 0 Å². The highest BCUT2D eigenvalue weighted by atomic mass is 79.9. The van der Waals surface area contributed by atoms with Gasteiger partial charge in [-0.1, -0.05) is 28.9 Å². The van der Waals surface area contributed by atoms with Gasteiger partial charge in [-0.3, -0.25) is 0 Å². The maximum absolute atomic E-state index is 5.97. The van der Waals surface area contributed by atoms with Gasteiger partial charge in [-0.2, -0.15) is 5.10 Å². The van der Waals surface area contributed by atoms with E-state index < -0.39 is 0 Å². The Hall–Kier alpha value is -1.13. The van der Waals surface area contributed by atoms with Crippen molar-refractivity contribution in [3.8, 4) is 5.69 Å². The summed E-state index contributed by atoms with van der Waals surface area (Å²) in [5, 5.41) is 4.72. The summed E-state index contributed by atoms with van der Waals surface area (Å²) >= 11 is 3.55. The van der Waals surface area contributed by atoms with Gasteiger partial charge in [0.05, 0.1) is 11.4 Å². The van der Waals surface area contributed by atoms with E-state index in [1.165, 1.54) is 16.8 Å². The Kier molecular flexibility index (Phi) is 4.66. The molecule has 2 N–H and O–H groups in total. The molecule has 2 rings (SSSR count). The Bertz CT molecular complexity index is 614. The number of rotatable bonds is 4. The van der Waals surface area contributed by atoms with E-state index in [0.29, 0.717) is 0 Å². The molecule has 20 heavy (non-hydrogen) atoms. The average molecular weight is 336 g/mol. The molecule has 1 heterocycles. The van der Waals surface area contributed by atoms with Crippen LogP contribution in [0.3, 0.4) is 0 Å². The predicted molar refractivity (Wildman–Crippen MR) is 87.5 cm³/mol. The Morgan fingerprint density at radius 3 is 2.60 bits per heavy atom. The van der Waals surface area contributed by atoms with Gasteiger partial charge in [0, 0.05) is 16.2 Å². The van der Waals surface area contributed by atoms with Crippen LogP contribution in [0.5, 0.6) is 0 Å². The van der Waals surface area contributed by atoms with Crippen LogP contribution in [-0.4, -0.2) is 15.8 Å². The van der Waals surface area contributed by atoms with Gasteiger partial charge in [0.15, 0.2) is 0 Å². The summed E-state index contributed by atoms with van der Waals surface area (Å²) < 4.78 is 3.11. The molecule has 0 spiro atoms. The summed E-state index contributed by atoms with van der Waals surface area (Å²) in [5.41, 5.74) is 12.0. The van der Waals surface area contributed by atoms with Gasteiger partial charge >= 0.3 is 0 Å². The van der Waals surface area contributed by atoms with Gasteiger partial charge in [-0.25, -0.2) is 4.68 Å². The fraction of sp³-hybridized carbons (Fsp3) is 0.438. The maximum Gasteiger partial charge on any atom is 0.0692 e. The van der Waals surface area contributed by atoms with Crippen molar-refractivity contribution in [1.29, 1.82) is 0 Å². The quantitative estimate of drug-likeness (QED) is 0.925. The van der Waals surface area contributed by atoms with Crippen molar-refractivity contribution in [2.45, 2.75) is 46.6 Å². The number of aromatic nitrogens is 2. The molecule has 2 aromatic rings. The van der Waals surface area contributed by atoms with Crippen LogP contribution in [0.25, 0.3) is 5.69 Å². The van der Waals surface area contributed by atoms with E-state index in [1.807, 2.05) is 6.92 Å². The molecule has 0 saturated heterocycles. The van der Waals surface area contributed by atoms with Crippen molar-refractivity contribution >= 4 is 15.9 Å². The summed E-state index contributed by atoms with van der Waals surface area (Å²) in [5.74, 6) is 0. The van der Waals surface area contributed by atoms with Crippen LogP contribution >= 0.6 is 15.9 Å². The van der Waals surface area contributed by atoms with Crippen molar-refractivity contribution in [1.82, 2.24) is 9.78 Å². The lowest BCUT2D eigenvalue weighted by atomic mass is 10.1. The third-order valence-corrected chi connectivity index (χ3v) is 4.11. The highest BCUT2D eigenvalue weighted by Gasteiger charge is 2.15. The Balaban J connectivity index is 2.59. The fourth-order valence-corrected chi connectivity index (χ4v) is 3.02. The molecular weight excluding hydrogens is 314 g/mol. The second kappa shape index (κ2) is 6.10. The van der Waals surface area contributed by atoms with Crippen molar-refractivity contribution in [2.75, 3.05) is 0 Å². The minimum atomic E-state index is 0.137. The number of nitrogens with zero attached hydrogens (tertiary/aromatic N) is 2. The lowest BCUT2D eigenvalue weighted by Crippen LogP contribution is -2.19. The molecule has 0 radical (unpaired) electrons. The number of aryl methyl sites for hydroxylation is 1. The molecule has 0 fully saturated rings. The highest BCUT2D eigenvalue weighted by molar-refractivity contribution is 9.10. The smallest absolute Gasteiger partial charge is 0.0692 e. The number of hydrogen-bond donors (Lipinski definition) is 1. The maximum atomic E-state index is 5.97. The van der Waals surface area contributed by atoms with Gasteiger partial charge < -0.3 is 5.73 Å². The van der Waals surface area contributed by atoms with Crippen molar-refractivity contribution in [3.05, 3.63) is 45.2 Å². The Morgan fingerprint density at radius 1 is 1.35 bits per heavy atom. The highest BCUT2D eigenvalue weighted by Crippen LogP contribution is 2.25. The molecule has 1 atom stereocenters. The van der Waals surface area contributed by atoms with Crippen molar-refractivity contribution in [2.24, 2.45) is 5.73 Å². The molecule has 0 amide bonds. The third-order valence-electron chi connectivity index (χ3n) is 3.61. The Labute approximate surface area is 129 Å².